The second kappa shape index (κ2) is 7.67. The number of likely N-dealkylation sites (tertiary alicyclic amines) is 1. The number of carbonyl (C=O) groups is 1. The molecule has 2 aromatic heterocycles. The van der Waals surface area contributed by atoms with Crippen LogP contribution in [0.4, 0.5) is 17.6 Å². The van der Waals surface area contributed by atoms with Crippen LogP contribution < -0.4 is 10.6 Å². The third-order valence-corrected chi connectivity index (χ3v) is 3.74. The molecule has 0 aliphatic carbocycles. The van der Waals surface area contributed by atoms with E-state index in [4.69, 9.17) is 0 Å². The Morgan fingerprint density at radius 3 is 2.92 bits per heavy atom. The van der Waals surface area contributed by atoms with Crippen molar-refractivity contribution in [2.45, 2.75) is 26.2 Å². The van der Waals surface area contributed by atoms with Crippen molar-refractivity contribution in [1.82, 2.24) is 24.8 Å². The fraction of sp³-hybridized carbons (Fsp3) is 0.438. The first-order chi connectivity index (χ1) is 11.7. The van der Waals surface area contributed by atoms with E-state index in [0.717, 1.165) is 44.0 Å². The Bertz CT molecular complexity index is 692. The van der Waals surface area contributed by atoms with Gasteiger partial charge in [-0.15, -0.1) is 0 Å². The van der Waals surface area contributed by atoms with Crippen molar-refractivity contribution in [1.29, 1.82) is 0 Å². The van der Waals surface area contributed by atoms with Crippen LogP contribution in [0.2, 0.25) is 0 Å². The minimum Gasteiger partial charge on any atom is -0.370 e. The van der Waals surface area contributed by atoms with Crippen molar-refractivity contribution in [3.8, 4) is 0 Å². The zero-order valence-corrected chi connectivity index (χ0v) is 13.7. The second-order valence-corrected chi connectivity index (χ2v) is 5.70. The minimum absolute atomic E-state index is 0.267. The molecule has 0 radical (unpaired) electrons. The van der Waals surface area contributed by atoms with E-state index in [1.165, 1.54) is 0 Å². The van der Waals surface area contributed by atoms with Crippen molar-refractivity contribution in [2.75, 3.05) is 30.3 Å². The van der Waals surface area contributed by atoms with E-state index < -0.39 is 0 Å². The van der Waals surface area contributed by atoms with Gasteiger partial charge in [0.25, 0.3) is 0 Å². The number of anilines is 3. The van der Waals surface area contributed by atoms with Crippen molar-refractivity contribution in [3.63, 3.8) is 0 Å². The van der Waals surface area contributed by atoms with E-state index in [-0.39, 0.29) is 5.91 Å². The largest absolute Gasteiger partial charge is 0.370 e. The van der Waals surface area contributed by atoms with Gasteiger partial charge in [-0.2, -0.15) is 4.98 Å². The molecular weight excluding hydrogens is 306 g/mol. The standard InChI is InChI=1S/C16H21N7O/c1-12-10-13(18-5-3-9-23-8-2-4-15(23)24)21-16(20-12)22-14-11-17-6-7-19-14/h6-7,10-11H,2-5,8-9H2,1H3,(H2,18,19,20,21,22). The average Bonchev–Trinajstić information content (AvgIpc) is 2.97. The lowest BCUT2D eigenvalue weighted by Crippen LogP contribution is -2.27. The summed E-state index contributed by atoms with van der Waals surface area (Å²) in [7, 11) is 0. The molecule has 0 atom stereocenters. The van der Waals surface area contributed by atoms with E-state index in [0.29, 0.717) is 18.2 Å². The molecule has 1 aliphatic heterocycles. The Balaban J connectivity index is 1.52. The van der Waals surface area contributed by atoms with E-state index in [1.54, 1.807) is 18.6 Å². The van der Waals surface area contributed by atoms with Crippen LogP contribution in [0.3, 0.4) is 0 Å². The number of hydrogen-bond acceptors (Lipinski definition) is 7. The summed E-state index contributed by atoms with van der Waals surface area (Å²) in [4.78, 5) is 30.4. The van der Waals surface area contributed by atoms with Crippen LogP contribution in [0.25, 0.3) is 0 Å². The summed E-state index contributed by atoms with van der Waals surface area (Å²) in [6.45, 7) is 4.35. The van der Waals surface area contributed by atoms with Crippen LogP contribution in [0, 0.1) is 6.92 Å². The van der Waals surface area contributed by atoms with E-state index >= 15 is 0 Å². The van der Waals surface area contributed by atoms with Crippen LogP contribution in [-0.2, 0) is 4.79 Å². The first kappa shape index (κ1) is 16.1. The fourth-order valence-electron chi connectivity index (χ4n) is 2.62. The normalized spacial score (nSPS) is 14.0. The zero-order valence-electron chi connectivity index (χ0n) is 13.7. The molecule has 126 valence electrons. The smallest absolute Gasteiger partial charge is 0.230 e. The van der Waals surface area contributed by atoms with E-state index in [2.05, 4.69) is 30.6 Å². The van der Waals surface area contributed by atoms with Gasteiger partial charge in [0.05, 0.1) is 6.20 Å². The SMILES string of the molecule is Cc1cc(NCCCN2CCCC2=O)nc(Nc2cnccn2)n1. The lowest BCUT2D eigenvalue weighted by atomic mass is 10.3. The van der Waals surface area contributed by atoms with Gasteiger partial charge in [-0.1, -0.05) is 0 Å². The van der Waals surface area contributed by atoms with E-state index in [9.17, 15) is 4.79 Å². The molecule has 1 amide bonds. The van der Waals surface area contributed by atoms with Gasteiger partial charge < -0.3 is 15.5 Å². The third-order valence-electron chi connectivity index (χ3n) is 3.74. The molecule has 8 nitrogen and oxygen atoms in total. The quantitative estimate of drug-likeness (QED) is 0.748. The van der Waals surface area contributed by atoms with Crippen molar-refractivity contribution in [2.24, 2.45) is 0 Å². The molecule has 0 unspecified atom stereocenters. The number of amides is 1. The van der Waals surface area contributed by atoms with Gasteiger partial charge in [-0.25, -0.2) is 9.97 Å². The average molecular weight is 327 g/mol. The van der Waals surface area contributed by atoms with E-state index in [1.807, 2.05) is 17.9 Å². The van der Waals surface area contributed by atoms with Crippen molar-refractivity contribution < 1.29 is 4.79 Å². The molecule has 0 aromatic carbocycles. The molecule has 0 saturated carbocycles. The predicted octanol–water partition coefficient (Wildman–Crippen LogP) is 1.74. The van der Waals surface area contributed by atoms with Gasteiger partial charge in [-0.3, -0.25) is 9.78 Å². The van der Waals surface area contributed by atoms with Crippen molar-refractivity contribution >= 4 is 23.5 Å². The fourth-order valence-corrected chi connectivity index (χ4v) is 2.62. The Labute approximate surface area is 140 Å². The number of aryl methyl sites for hydroxylation is 1. The number of nitrogens with one attached hydrogen (secondary N) is 2. The van der Waals surface area contributed by atoms with Gasteiger partial charge in [0, 0.05) is 50.2 Å². The maximum Gasteiger partial charge on any atom is 0.230 e. The van der Waals surface area contributed by atoms with Gasteiger partial charge in [0.15, 0.2) is 5.82 Å². The molecule has 3 heterocycles. The molecular formula is C16H21N7O. The van der Waals surface area contributed by atoms with Crippen LogP contribution in [-0.4, -0.2) is 50.4 Å². The highest BCUT2D eigenvalue weighted by Gasteiger charge is 2.18. The van der Waals surface area contributed by atoms with Crippen LogP contribution in [0.5, 0.6) is 0 Å². The summed E-state index contributed by atoms with van der Waals surface area (Å²) in [6.07, 6.45) is 7.40. The summed E-state index contributed by atoms with van der Waals surface area (Å²) >= 11 is 0. The highest BCUT2D eigenvalue weighted by atomic mass is 16.2. The number of hydrogen-bond donors (Lipinski definition) is 2. The summed E-state index contributed by atoms with van der Waals surface area (Å²) in [5.41, 5.74) is 0.855. The van der Waals surface area contributed by atoms with Crippen molar-refractivity contribution in [3.05, 3.63) is 30.4 Å². The number of nitrogens with zero attached hydrogens (tertiary/aromatic N) is 5. The lowest BCUT2D eigenvalue weighted by molar-refractivity contribution is -0.127. The zero-order chi connectivity index (χ0) is 16.8. The topological polar surface area (TPSA) is 95.9 Å². The Morgan fingerprint density at radius 2 is 2.17 bits per heavy atom. The number of aromatic nitrogens is 4. The maximum atomic E-state index is 11.6. The molecule has 8 heteroatoms. The van der Waals surface area contributed by atoms with Crippen LogP contribution >= 0.6 is 0 Å². The Hall–Kier alpha value is -2.77. The number of carbonyl (C=O) groups excluding carboxylic acids is 1. The van der Waals surface area contributed by atoms with Crippen LogP contribution in [0.15, 0.2) is 24.7 Å². The molecule has 1 saturated heterocycles. The molecule has 3 rings (SSSR count). The summed E-state index contributed by atoms with van der Waals surface area (Å²) in [5.74, 6) is 2.10. The predicted molar refractivity (Wildman–Crippen MR) is 91.0 cm³/mol. The first-order valence-corrected chi connectivity index (χ1v) is 8.11. The molecule has 1 fully saturated rings. The third kappa shape index (κ3) is 4.37. The van der Waals surface area contributed by atoms with Gasteiger partial charge in [0.1, 0.15) is 5.82 Å². The molecule has 1 aliphatic rings. The molecule has 2 N–H and O–H groups in total. The molecule has 24 heavy (non-hydrogen) atoms. The minimum atomic E-state index is 0.267. The maximum absolute atomic E-state index is 11.6. The van der Waals surface area contributed by atoms with Crippen LogP contribution in [0.1, 0.15) is 25.0 Å². The molecule has 0 bridgehead atoms. The first-order valence-electron chi connectivity index (χ1n) is 8.11. The monoisotopic (exact) mass is 327 g/mol. The Kier molecular flexibility index (Phi) is 5.15. The highest BCUT2D eigenvalue weighted by Crippen LogP contribution is 2.14. The summed E-state index contributed by atoms with van der Waals surface area (Å²) < 4.78 is 0. The van der Waals surface area contributed by atoms with Gasteiger partial charge in [0.2, 0.25) is 11.9 Å². The van der Waals surface area contributed by atoms with Gasteiger partial charge >= 0.3 is 0 Å². The summed E-state index contributed by atoms with van der Waals surface area (Å²) in [6, 6.07) is 1.89. The van der Waals surface area contributed by atoms with Gasteiger partial charge in [-0.05, 0) is 19.8 Å². The highest BCUT2D eigenvalue weighted by molar-refractivity contribution is 5.78. The second-order valence-electron chi connectivity index (χ2n) is 5.70. The molecule has 0 spiro atoms. The molecule has 2 aromatic rings. The Morgan fingerprint density at radius 1 is 1.25 bits per heavy atom. The lowest BCUT2D eigenvalue weighted by Gasteiger charge is -2.15. The number of rotatable bonds is 7. The summed E-state index contributed by atoms with van der Waals surface area (Å²) in [5, 5.41) is 6.32.